The van der Waals surface area contributed by atoms with Gasteiger partial charge < -0.3 is 20.3 Å². The van der Waals surface area contributed by atoms with Crippen molar-refractivity contribution in [3.8, 4) is 0 Å². The van der Waals surface area contributed by atoms with Crippen molar-refractivity contribution < 1.29 is 24.5 Å². The molecule has 0 saturated heterocycles. The lowest BCUT2D eigenvalue weighted by atomic mass is 9.54. The van der Waals surface area contributed by atoms with E-state index in [4.69, 9.17) is 4.74 Å². The van der Waals surface area contributed by atoms with E-state index in [9.17, 15) is 19.8 Å². The summed E-state index contributed by atoms with van der Waals surface area (Å²) in [4.78, 5) is 24.4. The summed E-state index contributed by atoms with van der Waals surface area (Å²) in [6.07, 6.45) is 2.56. The van der Waals surface area contributed by atoms with Crippen molar-refractivity contribution in [2.45, 2.75) is 90.4 Å². The number of nitrogens with one attached hydrogen (secondary N) is 1. The van der Waals surface area contributed by atoms with Gasteiger partial charge in [0.05, 0.1) is 18.1 Å². The fourth-order valence-corrected chi connectivity index (χ4v) is 3.85. The number of carbonyl (C=O) groups excluding carboxylic acids is 1. The van der Waals surface area contributed by atoms with Gasteiger partial charge in [-0.1, -0.05) is 40.5 Å². The molecule has 0 heterocycles. The Hall–Kier alpha value is -1.14. The van der Waals surface area contributed by atoms with Crippen LogP contribution in [0, 0.1) is 5.41 Å². The fraction of sp³-hybridized carbons (Fsp3) is 0.889. The van der Waals surface area contributed by atoms with Crippen molar-refractivity contribution in [2.75, 3.05) is 6.61 Å². The Bertz CT molecular complexity index is 456. The van der Waals surface area contributed by atoms with Crippen molar-refractivity contribution in [3.05, 3.63) is 0 Å². The lowest BCUT2D eigenvalue weighted by molar-refractivity contribution is -0.195. The van der Waals surface area contributed by atoms with E-state index in [0.29, 0.717) is 19.4 Å². The standard InChI is InChI=1S/C18H33NO5/c1-6-9-17(23,10-7-2)12-14(20)19-18(15(21)22)11-13(24-8-3)16(18,4)5/h13,23H,6-12H2,1-5H3,(H,19,20)(H,21,22). The molecule has 1 amide bonds. The zero-order valence-electron chi connectivity index (χ0n) is 15.6. The van der Waals surface area contributed by atoms with E-state index in [1.54, 1.807) is 13.8 Å². The molecule has 1 aliphatic rings. The molecule has 0 aromatic carbocycles. The Kier molecular flexibility index (Phi) is 6.82. The number of rotatable bonds is 10. The third kappa shape index (κ3) is 3.91. The van der Waals surface area contributed by atoms with Crippen molar-refractivity contribution in [1.82, 2.24) is 5.32 Å². The third-order valence-electron chi connectivity index (χ3n) is 5.40. The van der Waals surface area contributed by atoms with Gasteiger partial charge in [0.25, 0.3) is 0 Å². The Labute approximate surface area is 145 Å². The number of aliphatic hydroxyl groups is 1. The monoisotopic (exact) mass is 343 g/mol. The van der Waals surface area contributed by atoms with Crippen molar-refractivity contribution >= 4 is 11.9 Å². The van der Waals surface area contributed by atoms with Gasteiger partial charge in [-0.2, -0.15) is 0 Å². The number of carboxylic acid groups (broad SMARTS) is 1. The predicted molar refractivity (Wildman–Crippen MR) is 91.7 cm³/mol. The molecule has 24 heavy (non-hydrogen) atoms. The highest BCUT2D eigenvalue weighted by Gasteiger charge is 2.66. The molecule has 0 spiro atoms. The maximum Gasteiger partial charge on any atom is 0.330 e. The molecule has 1 saturated carbocycles. The summed E-state index contributed by atoms with van der Waals surface area (Å²) < 4.78 is 5.59. The van der Waals surface area contributed by atoms with Gasteiger partial charge >= 0.3 is 5.97 Å². The zero-order chi connectivity index (χ0) is 18.6. The van der Waals surface area contributed by atoms with Gasteiger partial charge in [-0.25, -0.2) is 4.79 Å². The largest absolute Gasteiger partial charge is 0.479 e. The number of hydrogen-bond donors (Lipinski definition) is 3. The predicted octanol–water partition coefficient (Wildman–Crippen LogP) is 2.48. The number of amides is 1. The van der Waals surface area contributed by atoms with Gasteiger partial charge in [-0.15, -0.1) is 0 Å². The summed E-state index contributed by atoms with van der Waals surface area (Å²) in [7, 11) is 0. The topological polar surface area (TPSA) is 95.9 Å². The number of aliphatic carboxylic acids is 1. The summed E-state index contributed by atoms with van der Waals surface area (Å²) in [6, 6.07) is 0. The van der Waals surface area contributed by atoms with Crippen LogP contribution in [0.2, 0.25) is 0 Å². The average molecular weight is 343 g/mol. The Morgan fingerprint density at radius 3 is 2.12 bits per heavy atom. The smallest absolute Gasteiger partial charge is 0.330 e. The first-order valence-corrected chi connectivity index (χ1v) is 8.97. The lowest BCUT2D eigenvalue weighted by Crippen LogP contribution is -2.76. The second-order valence-corrected chi connectivity index (χ2v) is 7.53. The molecule has 6 nitrogen and oxygen atoms in total. The highest BCUT2D eigenvalue weighted by Crippen LogP contribution is 2.51. The van der Waals surface area contributed by atoms with Gasteiger partial charge in [0.15, 0.2) is 0 Å². The van der Waals surface area contributed by atoms with Crippen LogP contribution in [0.15, 0.2) is 0 Å². The van der Waals surface area contributed by atoms with Crippen LogP contribution in [0.1, 0.15) is 73.1 Å². The number of hydrogen-bond acceptors (Lipinski definition) is 4. The normalized spacial score (nSPS) is 25.8. The minimum atomic E-state index is -1.34. The van der Waals surface area contributed by atoms with Crippen LogP contribution in [0.5, 0.6) is 0 Å². The van der Waals surface area contributed by atoms with Crippen LogP contribution < -0.4 is 5.32 Å². The fourth-order valence-electron chi connectivity index (χ4n) is 3.85. The molecule has 2 atom stereocenters. The van der Waals surface area contributed by atoms with Gasteiger partial charge in [0, 0.05) is 18.4 Å². The van der Waals surface area contributed by atoms with E-state index in [-0.39, 0.29) is 18.9 Å². The SMILES string of the molecule is CCCC(O)(CCC)CC(=O)NC1(C(=O)O)CC(OCC)C1(C)C. The maximum absolute atomic E-state index is 12.5. The van der Waals surface area contributed by atoms with E-state index in [2.05, 4.69) is 5.32 Å². The van der Waals surface area contributed by atoms with E-state index < -0.39 is 28.4 Å². The summed E-state index contributed by atoms with van der Waals surface area (Å²) >= 11 is 0. The Morgan fingerprint density at radius 2 is 1.75 bits per heavy atom. The van der Waals surface area contributed by atoms with E-state index in [1.165, 1.54) is 0 Å². The van der Waals surface area contributed by atoms with Crippen LogP contribution in [0.3, 0.4) is 0 Å². The molecule has 0 radical (unpaired) electrons. The highest BCUT2D eigenvalue weighted by molar-refractivity contribution is 5.89. The summed E-state index contributed by atoms with van der Waals surface area (Å²) in [6.45, 7) is 9.89. The van der Waals surface area contributed by atoms with Gasteiger partial charge in [-0.05, 0) is 19.8 Å². The van der Waals surface area contributed by atoms with Crippen LogP contribution >= 0.6 is 0 Å². The van der Waals surface area contributed by atoms with E-state index >= 15 is 0 Å². The average Bonchev–Trinajstić information content (AvgIpc) is 2.45. The van der Waals surface area contributed by atoms with Gasteiger partial charge in [0.1, 0.15) is 5.54 Å². The minimum absolute atomic E-state index is 0.0703. The van der Waals surface area contributed by atoms with Gasteiger partial charge in [-0.3, -0.25) is 4.79 Å². The first kappa shape index (κ1) is 20.9. The summed E-state index contributed by atoms with van der Waals surface area (Å²) in [5.41, 5.74) is -3.12. The molecule has 1 aliphatic carbocycles. The quantitative estimate of drug-likeness (QED) is 0.566. The molecule has 2 unspecified atom stereocenters. The number of carboxylic acids is 1. The van der Waals surface area contributed by atoms with Crippen LogP contribution in [-0.2, 0) is 14.3 Å². The summed E-state index contributed by atoms with van der Waals surface area (Å²) in [5.74, 6) is -1.46. The first-order valence-electron chi connectivity index (χ1n) is 8.97. The maximum atomic E-state index is 12.5. The van der Waals surface area contributed by atoms with Gasteiger partial charge in [0.2, 0.25) is 5.91 Å². The first-order chi connectivity index (χ1) is 11.1. The molecule has 0 aromatic heterocycles. The zero-order valence-corrected chi connectivity index (χ0v) is 15.6. The van der Waals surface area contributed by atoms with Crippen molar-refractivity contribution in [2.24, 2.45) is 5.41 Å². The Balaban J connectivity index is 2.87. The highest BCUT2D eigenvalue weighted by atomic mass is 16.5. The molecule has 6 heteroatoms. The number of carbonyl (C=O) groups is 2. The molecule has 0 bridgehead atoms. The van der Waals surface area contributed by atoms with Crippen LogP contribution in [0.25, 0.3) is 0 Å². The third-order valence-corrected chi connectivity index (χ3v) is 5.40. The second-order valence-electron chi connectivity index (χ2n) is 7.53. The van der Waals surface area contributed by atoms with Crippen molar-refractivity contribution in [1.29, 1.82) is 0 Å². The molecule has 1 fully saturated rings. The molecule has 140 valence electrons. The molecule has 0 aromatic rings. The summed E-state index contributed by atoms with van der Waals surface area (Å²) in [5, 5.41) is 23.1. The van der Waals surface area contributed by atoms with Crippen molar-refractivity contribution in [3.63, 3.8) is 0 Å². The molecule has 0 aliphatic heterocycles. The van der Waals surface area contributed by atoms with Crippen LogP contribution in [0.4, 0.5) is 0 Å². The number of ether oxygens (including phenoxy) is 1. The molecule has 3 N–H and O–H groups in total. The second kappa shape index (κ2) is 7.83. The Morgan fingerprint density at radius 1 is 1.21 bits per heavy atom. The van der Waals surface area contributed by atoms with E-state index in [1.807, 2.05) is 20.8 Å². The van der Waals surface area contributed by atoms with E-state index in [0.717, 1.165) is 12.8 Å². The molecular weight excluding hydrogens is 310 g/mol. The molecule has 1 rings (SSSR count). The molecular formula is C18H33NO5. The lowest BCUT2D eigenvalue weighted by Gasteiger charge is -2.58. The van der Waals surface area contributed by atoms with Crippen LogP contribution in [-0.4, -0.2) is 45.9 Å². The minimum Gasteiger partial charge on any atom is -0.479 e.